The molecule has 8 nitrogen and oxygen atoms in total. The number of ether oxygens (including phenoxy) is 1. The van der Waals surface area contributed by atoms with Gasteiger partial charge in [-0.1, -0.05) is 59.9 Å². The van der Waals surface area contributed by atoms with Crippen LogP contribution < -0.4 is 15.4 Å². The summed E-state index contributed by atoms with van der Waals surface area (Å²) in [6.07, 6.45) is 4.77. The lowest BCUT2D eigenvalue weighted by molar-refractivity contribution is -0.122. The number of imide groups is 1. The van der Waals surface area contributed by atoms with Gasteiger partial charge in [-0.05, 0) is 54.3 Å². The number of nitrogens with zero attached hydrogens (tertiary/aromatic N) is 3. The molecule has 0 saturated heterocycles. The van der Waals surface area contributed by atoms with E-state index in [-0.39, 0.29) is 0 Å². The molecule has 0 saturated carbocycles. The third-order valence-corrected chi connectivity index (χ3v) is 9.37. The number of rotatable bonds is 10. The first-order valence-corrected chi connectivity index (χ1v) is 16.1. The summed E-state index contributed by atoms with van der Waals surface area (Å²) in [5.41, 5.74) is 3.26. The number of benzene rings is 3. The highest BCUT2D eigenvalue weighted by Crippen LogP contribution is 2.37. The molecule has 7 rings (SSSR count). The second-order valence-corrected chi connectivity index (χ2v) is 12.3. The molecule has 10 heteroatoms. The molecule has 3 aromatic carbocycles. The molecule has 43 heavy (non-hydrogen) atoms. The Bertz CT molecular complexity index is 1910. The summed E-state index contributed by atoms with van der Waals surface area (Å²) in [5, 5.41) is 8.72. The van der Waals surface area contributed by atoms with Crippen molar-refractivity contribution in [3.05, 3.63) is 96.8 Å². The number of amides is 2. The zero-order valence-corrected chi connectivity index (χ0v) is 24.9. The fourth-order valence-electron chi connectivity index (χ4n) is 5.51. The number of para-hydroxylation sites is 1. The normalized spacial score (nSPS) is 14.9. The summed E-state index contributed by atoms with van der Waals surface area (Å²) in [4.78, 5) is 32.3. The molecule has 5 aromatic rings. The number of aromatic nitrogens is 2. The number of carbonyl (C=O) groups is 2. The molecule has 2 aliphatic heterocycles. The number of aryl methyl sites for hydroxylation is 1. The Morgan fingerprint density at radius 1 is 0.907 bits per heavy atom. The SMILES string of the molecule is O=C1NC(=O)C(n2ccc3ccccc32)=C1c1cn(CCCSC2=NCCN2)c2ccc(OCSc3ccccc3)cc12. The maximum absolute atomic E-state index is 13.4. The smallest absolute Gasteiger partial charge is 0.275 e. The molecule has 2 aliphatic rings. The van der Waals surface area contributed by atoms with Gasteiger partial charge in [0.25, 0.3) is 11.8 Å². The quantitative estimate of drug-likeness (QED) is 0.0899. The molecule has 0 fully saturated rings. The van der Waals surface area contributed by atoms with E-state index in [1.807, 2.05) is 83.7 Å². The maximum Gasteiger partial charge on any atom is 0.275 e. The summed E-state index contributed by atoms with van der Waals surface area (Å²) >= 11 is 3.35. The molecular formula is C33H29N5O3S2. The van der Waals surface area contributed by atoms with E-state index in [2.05, 4.69) is 32.3 Å². The van der Waals surface area contributed by atoms with Gasteiger partial charge >= 0.3 is 0 Å². The number of fused-ring (bicyclic) bond motifs is 2. The lowest BCUT2D eigenvalue weighted by atomic mass is 10.0. The zero-order valence-electron chi connectivity index (χ0n) is 23.3. The number of hydrogen-bond donors (Lipinski definition) is 2. The highest BCUT2D eigenvalue weighted by Gasteiger charge is 2.35. The van der Waals surface area contributed by atoms with Crippen LogP contribution in [0.15, 0.2) is 101 Å². The van der Waals surface area contributed by atoms with E-state index in [0.717, 1.165) is 63.7 Å². The second-order valence-electron chi connectivity index (χ2n) is 10.2. The summed E-state index contributed by atoms with van der Waals surface area (Å²) in [6, 6.07) is 25.9. The van der Waals surface area contributed by atoms with Crippen molar-refractivity contribution in [3.63, 3.8) is 0 Å². The van der Waals surface area contributed by atoms with Crippen molar-refractivity contribution in [1.29, 1.82) is 0 Å². The minimum atomic E-state index is -0.407. The fourth-order valence-corrected chi connectivity index (χ4v) is 7.05. The van der Waals surface area contributed by atoms with Gasteiger partial charge in [-0.2, -0.15) is 0 Å². The third-order valence-electron chi connectivity index (χ3n) is 7.49. The first-order chi connectivity index (χ1) is 21.2. The van der Waals surface area contributed by atoms with Crippen LogP contribution in [-0.4, -0.2) is 50.9 Å². The number of carbonyl (C=O) groups excluding carboxylic acids is 2. The van der Waals surface area contributed by atoms with E-state index in [1.165, 1.54) is 0 Å². The number of thioether (sulfide) groups is 2. The highest BCUT2D eigenvalue weighted by molar-refractivity contribution is 8.13. The van der Waals surface area contributed by atoms with E-state index < -0.39 is 11.8 Å². The molecule has 2 amide bonds. The van der Waals surface area contributed by atoms with Crippen LogP contribution in [0, 0.1) is 0 Å². The Morgan fingerprint density at radius 3 is 2.63 bits per heavy atom. The van der Waals surface area contributed by atoms with Gasteiger partial charge in [0.2, 0.25) is 0 Å². The monoisotopic (exact) mass is 607 g/mol. The fraction of sp³-hybridized carbons (Fsp3) is 0.182. The molecule has 0 aliphatic carbocycles. The van der Waals surface area contributed by atoms with Crippen molar-refractivity contribution in [2.75, 3.05) is 24.8 Å². The molecular weight excluding hydrogens is 579 g/mol. The molecule has 2 aromatic heterocycles. The Morgan fingerprint density at radius 2 is 1.77 bits per heavy atom. The molecule has 2 N–H and O–H groups in total. The number of nitrogens with one attached hydrogen (secondary N) is 2. The van der Waals surface area contributed by atoms with Crippen LogP contribution >= 0.6 is 23.5 Å². The maximum atomic E-state index is 13.4. The van der Waals surface area contributed by atoms with Crippen LogP contribution in [0.25, 0.3) is 33.1 Å². The van der Waals surface area contributed by atoms with Crippen molar-refractivity contribution >= 4 is 73.6 Å². The van der Waals surface area contributed by atoms with Gasteiger partial charge in [-0.25, -0.2) is 0 Å². The number of hydrogen-bond acceptors (Lipinski definition) is 7. The molecule has 0 radical (unpaired) electrons. The van der Waals surface area contributed by atoms with Gasteiger partial charge in [0, 0.05) is 52.6 Å². The Hall–Kier alpha value is -4.41. The summed E-state index contributed by atoms with van der Waals surface area (Å²) in [7, 11) is 0. The number of amidine groups is 1. The van der Waals surface area contributed by atoms with Crippen molar-refractivity contribution < 1.29 is 14.3 Å². The van der Waals surface area contributed by atoms with E-state index >= 15 is 0 Å². The topological polar surface area (TPSA) is 89.7 Å². The van der Waals surface area contributed by atoms with Crippen molar-refractivity contribution in [2.24, 2.45) is 4.99 Å². The molecule has 0 unspecified atom stereocenters. The van der Waals surface area contributed by atoms with E-state index in [4.69, 9.17) is 4.74 Å². The van der Waals surface area contributed by atoms with Gasteiger partial charge in [-0.3, -0.25) is 19.9 Å². The average Bonchev–Trinajstić information content (AvgIpc) is 3.82. The summed E-state index contributed by atoms with van der Waals surface area (Å²) < 4.78 is 10.1. The Kier molecular flexibility index (Phi) is 7.69. The lowest BCUT2D eigenvalue weighted by Gasteiger charge is -2.09. The first kappa shape index (κ1) is 27.4. The van der Waals surface area contributed by atoms with Crippen LogP contribution in [0.5, 0.6) is 5.75 Å². The van der Waals surface area contributed by atoms with Gasteiger partial charge in [-0.15, -0.1) is 0 Å². The third kappa shape index (κ3) is 5.55. The van der Waals surface area contributed by atoms with Gasteiger partial charge < -0.3 is 19.2 Å². The van der Waals surface area contributed by atoms with Gasteiger partial charge in [0.15, 0.2) is 5.17 Å². The standard InChI is InChI=1S/C33H29N5O3S2/c39-31-29(30(32(40)36-31)38-17-13-22-7-4-5-10-27(22)38)26-20-37(16-6-18-42-33-34-14-15-35-33)28-12-11-23(19-25(26)28)41-21-43-24-8-2-1-3-9-24/h1-5,7-13,17,19-20H,6,14-16,18,21H2,(H,34,35)(H,36,39,40). The summed E-state index contributed by atoms with van der Waals surface area (Å²) in [6.45, 7) is 2.49. The molecule has 216 valence electrons. The molecule has 0 bridgehead atoms. The Labute approximate surface area is 257 Å². The van der Waals surface area contributed by atoms with E-state index in [1.54, 1.807) is 23.5 Å². The van der Waals surface area contributed by atoms with Gasteiger partial charge in [0.1, 0.15) is 17.4 Å². The minimum absolute atomic E-state index is 0.331. The van der Waals surface area contributed by atoms with Crippen molar-refractivity contribution in [1.82, 2.24) is 19.8 Å². The highest BCUT2D eigenvalue weighted by atomic mass is 32.2. The van der Waals surface area contributed by atoms with Crippen LogP contribution in [0.3, 0.4) is 0 Å². The van der Waals surface area contributed by atoms with Crippen LogP contribution in [0.2, 0.25) is 0 Å². The minimum Gasteiger partial charge on any atom is -0.483 e. The van der Waals surface area contributed by atoms with Crippen LogP contribution in [0.4, 0.5) is 0 Å². The molecule has 0 spiro atoms. The van der Waals surface area contributed by atoms with Crippen molar-refractivity contribution in [2.45, 2.75) is 17.9 Å². The number of aliphatic imine (C=N–C) groups is 1. The molecule has 4 heterocycles. The van der Waals surface area contributed by atoms with E-state index in [9.17, 15) is 9.59 Å². The zero-order chi connectivity index (χ0) is 29.2. The lowest BCUT2D eigenvalue weighted by Crippen LogP contribution is -2.23. The van der Waals surface area contributed by atoms with E-state index in [0.29, 0.717) is 28.5 Å². The van der Waals surface area contributed by atoms with Crippen molar-refractivity contribution in [3.8, 4) is 5.75 Å². The predicted octanol–water partition coefficient (Wildman–Crippen LogP) is 5.83. The first-order valence-electron chi connectivity index (χ1n) is 14.2. The largest absolute Gasteiger partial charge is 0.483 e. The van der Waals surface area contributed by atoms with Crippen LogP contribution in [-0.2, 0) is 16.1 Å². The van der Waals surface area contributed by atoms with Crippen LogP contribution in [0.1, 0.15) is 12.0 Å². The average molecular weight is 608 g/mol. The predicted molar refractivity (Wildman–Crippen MR) is 175 cm³/mol. The summed E-state index contributed by atoms with van der Waals surface area (Å²) in [5.74, 6) is 1.26. The van der Waals surface area contributed by atoms with Gasteiger partial charge in [0.05, 0.1) is 17.6 Å². The molecule has 0 atom stereocenters. The second kappa shape index (κ2) is 12.1. The Balaban J connectivity index is 1.26.